The Morgan fingerprint density at radius 3 is 2.69 bits per heavy atom. The molecule has 0 saturated heterocycles. The van der Waals surface area contributed by atoms with E-state index in [2.05, 4.69) is 20.8 Å². The summed E-state index contributed by atoms with van der Waals surface area (Å²) in [5.74, 6) is -0.369. The van der Waals surface area contributed by atoms with E-state index >= 15 is 0 Å². The van der Waals surface area contributed by atoms with Gasteiger partial charge in [-0.25, -0.2) is 0 Å². The number of benzene rings is 2. The number of carbonyl (C=O) groups excluding carboxylic acids is 2. The molecule has 0 saturated carbocycles. The van der Waals surface area contributed by atoms with Crippen molar-refractivity contribution in [1.29, 1.82) is 0 Å². The van der Waals surface area contributed by atoms with Crippen LogP contribution in [0.1, 0.15) is 22.0 Å². The van der Waals surface area contributed by atoms with Crippen LogP contribution in [-0.2, 0) is 11.8 Å². The van der Waals surface area contributed by atoms with Gasteiger partial charge in [-0.3, -0.25) is 9.59 Å². The van der Waals surface area contributed by atoms with E-state index in [0.29, 0.717) is 16.4 Å². The van der Waals surface area contributed by atoms with Crippen molar-refractivity contribution in [3.05, 3.63) is 72.1 Å². The molecule has 8 nitrogen and oxygen atoms in total. The van der Waals surface area contributed by atoms with Gasteiger partial charge < -0.3 is 20.3 Å². The van der Waals surface area contributed by atoms with Crippen molar-refractivity contribution >= 4 is 29.3 Å². The summed E-state index contributed by atoms with van der Waals surface area (Å²) < 4.78 is 1.73. The number of anilines is 1. The average Bonchev–Trinajstić information content (AvgIpc) is 3.15. The topological polar surface area (TPSA) is 109 Å². The SMILES string of the molecule is Cn1cnnc1SCC(=O)Nc1cccc(C(=O)NCC(O)c2ccccc2)c1. The van der Waals surface area contributed by atoms with Gasteiger partial charge in [0, 0.05) is 24.8 Å². The van der Waals surface area contributed by atoms with Gasteiger partial charge in [-0.05, 0) is 23.8 Å². The number of hydrogen-bond acceptors (Lipinski definition) is 6. The number of aryl methyl sites for hydroxylation is 1. The zero-order chi connectivity index (χ0) is 20.6. The molecule has 0 radical (unpaired) electrons. The van der Waals surface area contributed by atoms with Crippen molar-refractivity contribution < 1.29 is 14.7 Å². The summed E-state index contributed by atoms with van der Waals surface area (Å²) >= 11 is 1.27. The number of amides is 2. The molecule has 3 aromatic rings. The molecule has 1 aromatic heterocycles. The first-order chi connectivity index (χ1) is 14.0. The first-order valence-electron chi connectivity index (χ1n) is 8.91. The molecule has 3 N–H and O–H groups in total. The third-order valence-corrected chi connectivity index (χ3v) is 5.09. The van der Waals surface area contributed by atoms with Crippen LogP contribution in [0, 0.1) is 0 Å². The van der Waals surface area contributed by atoms with E-state index in [1.807, 2.05) is 18.2 Å². The highest BCUT2D eigenvalue weighted by atomic mass is 32.2. The Morgan fingerprint density at radius 2 is 1.97 bits per heavy atom. The van der Waals surface area contributed by atoms with Gasteiger partial charge in [-0.1, -0.05) is 48.2 Å². The largest absolute Gasteiger partial charge is 0.387 e. The molecule has 150 valence electrons. The molecular weight excluding hydrogens is 390 g/mol. The second-order valence-corrected chi connectivity index (χ2v) is 7.22. The lowest BCUT2D eigenvalue weighted by molar-refractivity contribution is -0.113. The maximum absolute atomic E-state index is 12.4. The van der Waals surface area contributed by atoms with Crippen LogP contribution in [-0.4, -0.2) is 44.0 Å². The average molecular weight is 411 g/mol. The van der Waals surface area contributed by atoms with Crippen LogP contribution in [0.25, 0.3) is 0 Å². The van der Waals surface area contributed by atoms with Gasteiger partial charge in [0.25, 0.3) is 5.91 Å². The Hall–Kier alpha value is -3.17. The lowest BCUT2D eigenvalue weighted by Crippen LogP contribution is -2.28. The van der Waals surface area contributed by atoms with Gasteiger partial charge in [0.2, 0.25) is 5.91 Å². The van der Waals surface area contributed by atoms with E-state index in [-0.39, 0.29) is 24.1 Å². The smallest absolute Gasteiger partial charge is 0.251 e. The number of aromatic nitrogens is 3. The molecule has 3 rings (SSSR count). The fourth-order valence-corrected chi connectivity index (χ4v) is 3.24. The van der Waals surface area contributed by atoms with E-state index in [4.69, 9.17) is 0 Å². The summed E-state index contributed by atoms with van der Waals surface area (Å²) in [6, 6.07) is 15.8. The third kappa shape index (κ3) is 5.90. The minimum absolute atomic E-state index is 0.0910. The molecule has 29 heavy (non-hydrogen) atoms. The maximum Gasteiger partial charge on any atom is 0.251 e. The molecule has 0 aliphatic carbocycles. The minimum atomic E-state index is -0.791. The number of thioether (sulfide) groups is 1. The van der Waals surface area contributed by atoms with E-state index in [0.717, 1.165) is 5.56 Å². The van der Waals surface area contributed by atoms with E-state index in [1.165, 1.54) is 11.8 Å². The van der Waals surface area contributed by atoms with Gasteiger partial charge in [0.1, 0.15) is 6.33 Å². The van der Waals surface area contributed by atoms with Crippen LogP contribution in [0.2, 0.25) is 0 Å². The highest BCUT2D eigenvalue weighted by Crippen LogP contribution is 2.16. The molecule has 1 atom stereocenters. The van der Waals surface area contributed by atoms with E-state index in [1.54, 1.807) is 54.3 Å². The molecule has 1 unspecified atom stereocenters. The molecule has 0 aliphatic heterocycles. The normalized spacial score (nSPS) is 11.7. The predicted octanol–water partition coefficient (Wildman–Crippen LogP) is 2.01. The zero-order valence-electron chi connectivity index (χ0n) is 15.8. The van der Waals surface area contributed by atoms with Gasteiger partial charge in [0.15, 0.2) is 5.16 Å². The monoisotopic (exact) mass is 411 g/mol. The maximum atomic E-state index is 12.4. The molecule has 9 heteroatoms. The number of aliphatic hydroxyl groups is 1. The van der Waals surface area contributed by atoms with Crippen molar-refractivity contribution in [2.45, 2.75) is 11.3 Å². The van der Waals surface area contributed by atoms with Crippen molar-refractivity contribution in [2.75, 3.05) is 17.6 Å². The van der Waals surface area contributed by atoms with Crippen molar-refractivity contribution in [3.8, 4) is 0 Å². The van der Waals surface area contributed by atoms with Crippen molar-refractivity contribution in [3.63, 3.8) is 0 Å². The summed E-state index contributed by atoms with van der Waals surface area (Å²) in [6.07, 6.45) is 0.775. The first kappa shape index (κ1) is 20.6. The fourth-order valence-electron chi connectivity index (χ4n) is 2.55. The summed E-state index contributed by atoms with van der Waals surface area (Å²) in [6.45, 7) is 0.0910. The van der Waals surface area contributed by atoms with Crippen molar-refractivity contribution in [1.82, 2.24) is 20.1 Å². The number of aliphatic hydroxyl groups excluding tert-OH is 1. The number of nitrogens with one attached hydrogen (secondary N) is 2. The van der Waals surface area contributed by atoms with Gasteiger partial charge >= 0.3 is 0 Å². The Labute approximate surface area is 172 Å². The summed E-state index contributed by atoms with van der Waals surface area (Å²) in [5, 5.41) is 23.9. The quantitative estimate of drug-likeness (QED) is 0.489. The fraction of sp³-hybridized carbons (Fsp3) is 0.200. The van der Waals surface area contributed by atoms with Crippen LogP contribution < -0.4 is 10.6 Å². The van der Waals surface area contributed by atoms with Crippen LogP contribution >= 0.6 is 11.8 Å². The number of hydrogen-bond donors (Lipinski definition) is 3. The Balaban J connectivity index is 1.52. The summed E-state index contributed by atoms with van der Waals surface area (Å²) in [4.78, 5) is 24.5. The molecule has 0 bridgehead atoms. The van der Waals surface area contributed by atoms with Crippen LogP contribution in [0.5, 0.6) is 0 Å². The van der Waals surface area contributed by atoms with Gasteiger partial charge in [-0.15, -0.1) is 10.2 Å². The molecule has 1 heterocycles. The lowest BCUT2D eigenvalue weighted by atomic mass is 10.1. The summed E-state index contributed by atoms with van der Waals surface area (Å²) in [7, 11) is 1.80. The highest BCUT2D eigenvalue weighted by Gasteiger charge is 2.12. The number of carbonyl (C=O) groups is 2. The van der Waals surface area contributed by atoms with Gasteiger partial charge in [0.05, 0.1) is 11.9 Å². The summed E-state index contributed by atoms with van der Waals surface area (Å²) in [5.41, 5.74) is 1.64. The number of nitrogens with zero attached hydrogens (tertiary/aromatic N) is 3. The third-order valence-electron chi connectivity index (χ3n) is 4.05. The lowest BCUT2D eigenvalue weighted by Gasteiger charge is -2.13. The zero-order valence-corrected chi connectivity index (χ0v) is 16.6. The molecule has 2 amide bonds. The molecule has 2 aromatic carbocycles. The standard InChI is InChI=1S/C20H21N5O3S/c1-25-13-22-24-20(25)29-12-18(27)23-16-9-5-8-15(10-16)19(28)21-11-17(26)14-6-3-2-4-7-14/h2-10,13,17,26H,11-12H2,1H3,(H,21,28)(H,23,27). The second kappa shape index (κ2) is 9.85. The second-order valence-electron chi connectivity index (χ2n) is 6.28. The molecular formula is C20H21N5O3S. The Kier molecular flexibility index (Phi) is 6.99. The predicted molar refractivity (Wildman–Crippen MR) is 111 cm³/mol. The molecule has 0 aliphatic rings. The van der Waals surface area contributed by atoms with Gasteiger partial charge in [-0.2, -0.15) is 0 Å². The molecule has 0 fully saturated rings. The highest BCUT2D eigenvalue weighted by molar-refractivity contribution is 7.99. The first-order valence-corrected chi connectivity index (χ1v) is 9.89. The number of rotatable bonds is 8. The minimum Gasteiger partial charge on any atom is -0.387 e. The van der Waals surface area contributed by atoms with E-state index in [9.17, 15) is 14.7 Å². The van der Waals surface area contributed by atoms with Crippen LogP contribution in [0.4, 0.5) is 5.69 Å². The Morgan fingerprint density at radius 1 is 1.17 bits per heavy atom. The van der Waals surface area contributed by atoms with Crippen molar-refractivity contribution in [2.24, 2.45) is 7.05 Å². The van der Waals surface area contributed by atoms with Crippen LogP contribution in [0.15, 0.2) is 66.1 Å². The molecule has 0 spiro atoms. The van der Waals surface area contributed by atoms with Crippen LogP contribution in [0.3, 0.4) is 0 Å². The van der Waals surface area contributed by atoms with E-state index < -0.39 is 6.10 Å². The Bertz CT molecular complexity index is 977.